The van der Waals surface area contributed by atoms with Crippen LogP contribution in [0.15, 0.2) is 24.3 Å². The van der Waals surface area contributed by atoms with Crippen molar-refractivity contribution in [1.29, 1.82) is 0 Å². The van der Waals surface area contributed by atoms with Crippen LogP contribution in [-0.4, -0.2) is 25.8 Å². The van der Waals surface area contributed by atoms with Gasteiger partial charge in [0, 0.05) is 6.61 Å². The topological polar surface area (TPSA) is 30.5 Å². The summed E-state index contributed by atoms with van der Waals surface area (Å²) in [7, 11) is 0. The largest absolute Gasteiger partial charge is 0.376 e. The zero-order chi connectivity index (χ0) is 15.6. The molecule has 0 bridgehead atoms. The van der Waals surface area contributed by atoms with E-state index in [0.717, 1.165) is 39.1 Å². The molecule has 22 heavy (non-hydrogen) atoms. The molecule has 0 aromatic heterocycles. The van der Waals surface area contributed by atoms with Crippen LogP contribution >= 0.6 is 0 Å². The first-order valence-corrected chi connectivity index (χ1v) is 8.79. The van der Waals surface area contributed by atoms with Gasteiger partial charge in [0.05, 0.1) is 19.3 Å². The van der Waals surface area contributed by atoms with E-state index in [4.69, 9.17) is 9.47 Å². The zero-order valence-electron chi connectivity index (χ0n) is 14.1. The highest BCUT2D eigenvalue weighted by atomic mass is 16.5. The van der Waals surface area contributed by atoms with Gasteiger partial charge in [0.2, 0.25) is 0 Å². The Bertz CT molecular complexity index is 394. The average Bonchev–Trinajstić information content (AvgIpc) is 2.59. The summed E-state index contributed by atoms with van der Waals surface area (Å²) in [6.07, 6.45) is 5.07. The van der Waals surface area contributed by atoms with Crippen molar-refractivity contribution in [2.24, 2.45) is 5.92 Å². The summed E-state index contributed by atoms with van der Waals surface area (Å²) in [5.41, 5.74) is 2.50. The first kappa shape index (κ1) is 17.5. The molecule has 1 heterocycles. The minimum atomic E-state index is 0.421. The Kier molecular flexibility index (Phi) is 7.92. The molecule has 0 saturated carbocycles. The molecule has 0 aliphatic carbocycles. The predicted octanol–water partition coefficient (Wildman–Crippen LogP) is 3.91. The predicted molar refractivity (Wildman–Crippen MR) is 90.9 cm³/mol. The second-order valence-corrected chi connectivity index (χ2v) is 6.27. The van der Waals surface area contributed by atoms with Crippen LogP contribution in [0, 0.1) is 5.92 Å². The van der Waals surface area contributed by atoms with Gasteiger partial charge >= 0.3 is 0 Å². The maximum absolute atomic E-state index is 5.98. The molecule has 0 atom stereocenters. The van der Waals surface area contributed by atoms with E-state index in [-0.39, 0.29) is 0 Å². The van der Waals surface area contributed by atoms with Crippen LogP contribution in [0.1, 0.15) is 50.7 Å². The third-order valence-corrected chi connectivity index (χ3v) is 4.57. The van der Waals surface area contributed by atoms with Crippen LogP contribution < -0.4 is 5.32 Å². The van der Waals surface area contributed by atoms with Gasteiger partial charge < -0.3 is 14.8 Å². The number of hydrogen-bond donors (Lipinski definition) is 1. The molecule has 1 fully saturated rings. The van der Waals surface area contributed by atoms with Crippen LogP contribution in [0.3, 0.4) is 0 Å². The molecule has 0 radical (unpaired) electrons. The van der Waals surface area contributed by atoms with Gasteiger partial charge in [-0.3, -0.25) is 0 Å². The van der Waals surface area contributed by atoms with E-state index in [1.54, 1.807) is 0 Å². The molecule has 1 aromatic carbocycles. The van der Waals surface area contributed by atoms with E-state index >= 15 is 0 Å². The van der Waals surface area contributed by atoms with Gasteiger partial charge in [-0.25, -0.2) is 0 Å². The standard InChI is InChI=1S/C19H31NO2/c1-3-16(4-2)13-21-14-17-5-7-18(8-6-17)15-22-19-9-11-20-12-10-19/h5-8,16,19-20H,3-4,9-15H2,1-2H3. The minimum Gasteiger partial charge on any atom is -0.376 e. The maximum Gasteiger partial charge on any atom is 0.0720 e. The second-order valence-electron chi connectivity index (χ2n) is 6.27. The van der Waals surface area contributed by atoms with Gasteiger partial charge in [0.15, 0.2) is 0 Å². The lowest BCUT2D eigenvalue weighted by Gasteiger charge is -2.23. The molecule has 3 nitrogen and oxygen atoms in total. The fourth-order valence-electron chi connectivity index (χ4n) is 2.78. The van der Waals surface area contributed by atoms with Crippen molar-refractivity contribution >= 4 is 0 Å². The molecule has 0 amide bonds. The number of piperidine rings is 1. The lowest BCUT2D eigenvalue weighted by Crippen LogP contribution is -2.32. The summed E-state index contributed by atoms with van der Waals surface area (Å²) in [5.74, 6) is 0.692. The van der Waals surface area contributed by atoms with Crippen molar-refractivity contribution < 1.29 is 9.47 Å². The lowest BCUT2D eigenvalue weighted by molar-refractivity contribution is 0.0212. The molecule has 3 heteroatoms. The lowest BCUT2D eigenvalue weighted by atomic mass is 10.1. The Balaban J connectivity index is 1.68. The van der Waals surface area contributed by atoms with E-state index < -0.39 is 0 Å². The van der Waals surface area contributed by atoms with Crippen molar-refractivity contribution in [3.63, 3.8) is 0 Å². The fourth-order valence-corrected chi connectivity index (χ4v) is 2.78. The molecule has 124 valence electrons. The smallest absolute Gasteiger partial charge is 0.0720 e. The fraction of sp³-hybridized carbons (Fsp3) is 0.684. The van der Waals surface area contributed by atoms with Gasteiger partial charge in [-0.1, -0.05) is 51.0 Å². The Hall–Kier alpha value is -0.900. The first-order valence-electron chi connectivity index (χ1n) is 8.79. The molecular weight excluding hydrogens is 274 g/mol. The van der Waals surface area contributed by atoms with Gasteiger partial charge in [0.1, 0.15) is 0 Å². The summed E-state index contributed by atoms with van der Waals surface area (Å²) < 4.78 is 11.8. The van der Waals surface area contributed by atoms with Crippen molar-refractivity contribution in [3.05, 3.63) is 35.4 Å². The zero-order valence-corrected chi connectivity index (χ0v) is 14.1. The molecule has 2 rings (SSSR count). The van der Waals surface area contributed by atoms with E-state index in [9.17, 15) is 0 Å². The summed E-state index contributed by atoms with van der Waals surface area (Å²) >= 11 is 0. The molecule has 1 aliphatic rings. The summed E-state index contributed by atoms with van der Waals surface area (Å²) in [6, 6.07) is 8.65. The first-order chi connectivity index (χ1) is 10.8. The second kappa shape index (κ2) is 9.98. The van der Waals surface area contributed by atoms with Crippen LogP contribution in [0.25, 0.3) is 0 Å². The van der Waals surface area contributed by atoms with E-state index in [2.05, 4.69) is 43.4 Å². The van der Waals surface area contributed by atoms with E-state index in [1.807, 2.05) is 0 Å². The van der Waals surface area contributed by atoms with Gasteiger partial charge in [-0.15, -0.1) is 0 Å². The Morgan fingerprint density at radius 3 is 2.18 bits per heavy atom. The Morgan fingerprint density at radius 2 is 1.59 bits per heavy atom. The van der Waals surface area contributed by atoms with E-state index in [1.165, 1.54) is 24.0 Å². The summed E-state index contributed by atoms with van der Waals surface area (Å²) in [6.45, 7) is 8.93. The third kappa shape index (κ3) is 6.07. The quantitative estimate of drug-likeness (QED) is 0.750. The van der Waals surface area contributed by atoms with Crippen LogP contribution in [0.5, 0.6) is 0 Å². The minimum absolute atomic E-state index is 0.421. The highest BCUT2D eigenvalue weighted by molar-refractivity contribution is 5.21. The highest BCUT2D eigenvalue weighted by Crippen LogP contribution is 2.13. The molecule has 1 saturated heterocycles. The molecule has 0 spiro atoms. The number of benzene rings is 1. The SMILES string of the molecule is CCC(CC)COCc1ccc(COC2CCNCC2)cc1. The molecule has 0 unspecified atom stereocenters. The molecule has 1 N–H and O–H groups in total. The van der Waals surface area contributed by atoms with E-state index in [0.29, 0.717) is 18.6 Å². The highest BCUT2D eigenvalue weighted by Gasteiger charge is 2.13. The molecule has 1 aromatic rings. The third-order valence-electron chi connectivity index (χ3n) is 4.57. The monoisotopic (exact) mass is 305 g/mol. The Morgan fingerprint density at radius 1 is 1.00 bits per heavy atom. The van der Waals surface area contributed by atoms with Crippen molar-refractivity contribution in [3.8, 4) is 0 Å². The van der Waals surface area contributed by atoms with Gasteiger partial charge in [-0.2, -0.15) is 0 Å². The van der Waals surface area contributed by atoms with Crippen molar-refractivity contribution in [2.75, 3.05) is 19.7 Å². The van der Waals surface area contributed by atoms with Gasteiger partial charge in [-0.05, 0) is 43.0 Å². The normalized spacial score (nSPS) is 16.3. The molecule has 1 aliphatic heterocycles. The maximum atomic E-state index is 5.98. The summed E-state index contributed by atoms with van der Waals surface area (Å²) in [5, 5.41) is 3.36. The van der Waals surface area contributed by atoms with Crippen LogP contribution in [0.2, 0.25) is 0 Å². The van der Waals surface area contributed by atoms with Crippen LogP contribution in [-0.2, 0) is 22.7 Å². The van der Waals surface area contributed by atoms with Crippen molar-refractivity contribution in [1.82, 2.24) is 5.32 Å². The number of ether oxygens (including phenoxy) is 2. The van der Waals surface area contributed by atoms with Crippen LogP contribution in [0.4, 0.5) is 0 Å². The number of rotatable bonds is 9. The summed E-state index contributed by atoms with van der Waals surface area (Å²) in [4.78, 5) is 0. The van der Waals surface area contributed by atoms with Gasteiger partial charge in [0.25, 0.3) is 0 Å². The average molecular weight is 305 g/mol. The number of nitrogens with one attached hydrogen (secondary N) is 1. The number of hydrogen-bond acceptors (Lipinski definition) is 3. The van der Waals surface area contributed by atoms with Crippen molar-refractivity contribution in [2.45, 2.75) is 58.8 Å². The Labute approximate surface area is 135 Å². The molecular formula is C19H31NO2.